The second-order valence-electron chi connectivity index (χ2n) is 8.37. The van der Waals surface area contributed by atoms with Crippen molar-refractivity contribution in [2.24, 2.45) is 0 Å². The third kappa shape index (κ3) is 4.49. The van der Waals surface area contributed by atoms with Crippen LogP contribution in [0.4, 0.5) is 5.69 Å². The van der Waals surface area contributed by atoms with Crippen LogP contribution < -0.4 is 11.1 Å². The van der Waals surface area contributed by atoms with Crippen LogP contribution in [0.1, 0.15) is 44.6 Å². The van der Waals surface area contributed by atoms with E-state index in [1.54, 1.807) is 0 Å². The molecule has 32 heavy (non-hydrogen) atoms. The van der Waals surface area contributed by atoms with Gasteiger partial charge in [-0.1, -0.05) is 32.4 Å². The van der Waals surface area contributed by atoms with Gasteiger partial charge in [0.15, 0.2) is 5.58 Å². The molecule has 1 N–H and O–H groups in total. The lowest BCUT2D eigenvalue weighted by Gasteiger charge is -2.25. The summed E-state index contributed by atoms with van der Waals surface area (Å²) < 4.78 is 33.7. The van der Waals surface area contributed by atoms with E-state index in [0.29, 0.717) is 30.2 Å². The Balaban J connectivity index is 1.54. The molecule has 1 amide bonds. The van der Waals surface area contributed by atoms with Crippen molar-refractivity contribution >= 4 is 32.7 Å². The molecule has 0 atom stereocenters. The fraction of sp³-hybridized carbons (Fsp3) is 0.391. The number of rotatable bonds is 6. The van der Waals surface area contributed by atoms with Crippen LogP contribution in [0.5, 0.6) is 0 Å². The van der Waals surface area contributed by atoms with Gasteiger partial charge in [-0.15, -0.1) is 0 Å². The Bertz CT molecular complexity index is 1280. The van der Waals surface area contributed by atoms with Crippen molar-refractivity contribution < 1.29 is 17.6 Å². The molecule has 0 saturated carbocycles. The number of anilines is 1. The minimum Gasteiger partial charge on any atom is -0.408 e. The molecule has 0 unspecified atom stereocenters. The van der Waals surface area contributed by atoms with Gasteiger partial charge in [-0.25, -0.2) is 13.2 Å². The van der Waals surface area contributed by atoms with E-state index in [4.69, 9.17) is 4.42 Å². The van der Waals surface area contributed by atoms with Crippen LogP contribution in [0.25, 0.3) is 11.1 Å². The molecule has 3 aromatic rings. The molecule has 2 aromatic carbocycles. The summed E-state index contributed by atoms with van der Waals surface area (Å²) in [5, 5.41) is 2.77. The summed E-state index contributed by atoms with van der Waals surface area (Å²) in [5.74, 6) is -0.700. The monoisotopic (exact) mass is 457 g/mol. The predicted octanol–water partition coefficient (Wildman–Crippen LogP) is 3.53. The number of amides is 1. The highest BCUT2D eigenvalue weighted by Crippen LogP contribution is 2.24. The van der Waals surface area contributed by atoms with Crippen molar-refractivity contribution in [3.63, 3.8) is 0 Å². The highest BCUT2D eigenvalue weighted by atomic mass is 32.2. The molecule has 0 aliphatic carbocycles. The van der Waals surface area contributed by atoms with Crippen LogP contribution in [0.3, 0.4) is 0 Å². The fourth-order valence-electron chi connectivity index (χ4n) is 3.91. The van der Waals surface area contributed by atoms with E-state index < -0.39 is 15.8 Å². The molecule has 9 heteroatoms. The molecular weight excluding hydrogens is 430 g/mol. The summed E-state index contributed by atoms with van der Waals surface area (Å²) in [6.45, 7) is 4.92. The van der Waals surface area contributed by atoms with E-state index in [0.717, 1.165) is 24.8 Å². The number of fused-ring (bicyclic) bond motifs is 1. The summed E-state index contributed by atoms with van der Waals surface area (Å²) in [4.78, 5) is 25.0. The van der Waals surface area contributed by atoms with Crippen molar-refractivity contribution in [3.05, 3.63) is 58.6 Å². The maximum atomic E-state index is 12.9. The lowest BCUT2D eigenvalue weighted by atomic mass is 10.0. The average molecular weight is 458 g/mol. The maximum absolute atomic E-state index is 12.9. The Kier molecular flexibility index (Phi) is 6.21. The van der Waals surface area contributed by atoms with Crippen LogP contribution in [-0.4, -0.2) is 36.3 Å². The average Bonchev–Trinajstić information content (AvgIpc) is 3.09. The Labute approximate surface area is 186 Å². The van der Waals surface area contributed by atoms with E-state index in [1.165, 1.54) is 27.1 Å². The Hall–Kier alpha value is -2.91. The summed E-state index contributed by atoms with van der Waals surface area (Å²) in [6.07, 6.45) is 2.69. The number of benzene rings is 2. The number of piperidine rings is 1. The highest BCUT2D eigenvalue weighted by Gasteiger charge is 2.27. The molecule has 2 heterocycles. The van der Waals surface area contributed by atoms with Crippen molar-refractivity contribution in [2.75, 3.05) is 18.4 Å². The molecule has 1 aliphatic heterocycles. The zero-order valence-electron chi connectivity index (χ0n) is 18.2. The van der Waals surface area contributed by atoms with E-state index >= 15 is 0 Å². The van der Waals surface area contributed by atoms with Gasteiger partial charge in [0.2, 0.25) is 15.9 Å². The van der Waals surface area contributed by atoms with Crippen LogP contribution in [0, 0.1) is 0 Å². The number of nitrogens with one attached hydrogen (secondary N) is 1. The second kappa shape index (κ2) is 8.91. The topological polar surface area (TPSA) is 102 Å². The Morgan fingerprint density at radius 2 is 1.75 bits per heavy atom. The number of carbonyl (C=O) groups excluding carboxylic acids is 1. The molecule has 0 bridgehead atoms. The number of sulfonamides is 1. The van der Waals surface area contributed by atoms with Gasteiger partial charge < -0.3 is 9.73 Å². The third-order valence-electron chi connectivity index (χ3n) is 5.76. The zero-order valence-corrected chi connectivity index (χ0v) is 19.0. The van der Waals surface area contributed by atoms with Crippen LogP contribution in [-0.2, 0) is 21.4 Å². The summed E-state index contributed by atoms with van der Waals surface area (Å²) in [5.41, 5.74) is 2.31. The molecule has 1 saturated heterocycles. The van der Waals surface area contributed by atoms with Crippen molar-refractivity contribution in [1.82, 2.24) is 8.87 Å². The van der Waals surface area contributed by atoms with Gasteiger partial charge >= 0.3 is 5.76 Å². The number of oxazole rings is 1. The molecule has 1 aliphatic rings. The zero-order chi connectivity index (χ0) is 22.9. The number of aromatic nitrogens is 1. The van der Waals surface area contributed by atoms with Gasteiger partial charge in [0.25, 0.3) is 0 Å². The van der Waals surface area contributed by atoms with Crippen LogP contribution in [0.15, 0.2) is 56.6 Å². The number of hydrogen-bond donors (Lipinski definition) is 1. The second-order valence-corrected chi connectivity index (χ2v) is 10.3. The summed E-state index contributed by atoms with van der Waals surface area (Å²) in [7, 11) is -3.65. The minimum absolute atomic E-state index is 0.0856. The quantitative estimate of drug-likeness (QED) is 0.610. The third-order valence-corrected chi connectivity index (χ3v) is 7.65. The molecule has 0 spiro atoms. The molecule has 8 nitrogen and oxygen atoms in total. The van der Waals surface area contributed by atoms with Gasteiger partial charge in [-0.05, 0) is 48.6 Å². The van der Waals surface area contributed by atoms with E-state index in [2.05, 4.69) is 19.2 Å². The first kappa shape index (κ1) is 22.3. The molecular formula is C23H27N3O5S. The van der Waals surface area contributed by atoms with Crippen molar-refractivity contribution in [3.8, 4) is 0 Å². The van der Waals surface area contributed by atoms with Gasteiger partial charge in [-0.2, -0.15) is 4.31 Å². The lowest BCUT2D eigenvalue weighted by molar-refractivity contribution is -0.116. The SMILES string of the molecule is CC(C)c1ccc(NC(=O)Cn2c(=O)oc3cc(S(=O)(=O)N4CCCCC4)ccc32)cc1. The highest BCUT2D eigenvalue weighted by molar-refractivity contribution is 7.89. The first-order valence-electron chi connectivity index (χ1n) is 10.8. The van der Waals surface area contributed by atoms with Gasteiger partial charge in [0, 0.05) is 24.8 Å². The van der Waals surface area contributed by atoms with E-state index in [-0.39, 0.29) is 22.9 Å². The molecule has 0 radical (unpaired) electrons. The molecule has 170 valence electrons. The molecule has 1 fully saturated rings. The Morgan fingerprint density at radius 3 is 2.41 bits per heavy atom. The van der Waals surface area contributed by atoms with Crippen LogP contribution >= 0.6 is 0 Å². The first-order chi connectivity index (χ1) is 15.3. The van der Waals surface area contributed by atoms with Crippen LogP contribution in [0.2, 0.25) is 0 Å². The molecule has 4 rings (SSSR count). The van der Waals surface area contributed by atoms with Gasteiger partial charge in [0.1, 0.15) is 6.54 Å². The standard InChI is InChI=1S/C23H27N3O5S/c1-16(2)17-6-8-18(9-7-17)24-22(27)15-26-20-11-10-19(14-21(20)31-23(26)28)32(29,30)25-12-4-3-5-13-25/h6-11,14,16H,3-5,12-13,15H2,1-2H3,(H,24,27). The van der Waals surface area contributed by atoms with Crippen molar-refractivity contribution in [2.45, 2.75) is 50.5 Å². The minimum atomic E-state index is -3.65. The fourth-order valence-corrected chi connectivity index (χ4v) is 5.44. The normalized spacial score (nSPS) is 15.3. The number of nitrogens with zero attached hydrogens (tertiary/aromatic N) is 2. The predicted molar refractivity (Wildman–Crippen MR) is 122 cm³/mol. The van der Waals surface area contributed by atoms with E-state index in [1.807, 2.05) is 24.3 Å². The summed E-state index contributed by atoms with van der Waals surface area (Å²) >= 11 is 0. The molecule has 1 aromatic heterocycles. The van der Waals surface area contributed by atoms with Crippen molar-refractivity contribution in [1.29, 1.82) is 0 Å². The first-order valence-corrected chi connectivity index (χ1v) is 12.2. The van der Waals surface area contributed by atoms with Gasteiger partial charge in [0.05, 0.1) is 10.4 Å². The lowest BCUT2D eigenvalue weighted by Crippen LogP contribution is -2.35. The Morgan fingerprint density at radius 1 is 1.06 bits per heavy atom. The largest absolute Gasteiger partial charge is 0.420 e. The van der Waals surface area contributed by atoms with E-state index in [9.17, 15) is 18.0 Å². The maximum Gasteiger partial charge on any atom is 0.420 e. The smallest absolute Gasteiger partial charge is 0.408 e. The van der Waals surface area contributed by atoms with Gasteiger partial charge in [-0.3, -0.25) is 9.36 Å². The number of hydrogen-bond acceptors (Lipinski definition) is 5. The summed E-state index contributed by atoms with van der Waals surface area (Å²) in [6, 6.07) is 11.9. The number of carbonyl (C=O) groups is 1.